The van der Waals surface area contributed by atoms with Crippen molar-refractivity contribution >= 4 is 33.6 Å². The summed E-state index contributed by atoms with van der Waals surface area (Å²) in [5.41, 5.74) is 3.12. The molecule has 3 saturated carbocycles. The van der Waals surface area contributed by atoms with Gasteiger partial charge in [-0.25, -0.2) is 4.79 Å². The minimum absolute atomic E-state index is 0.0381. The van der Waals surface area contributed by atoms with Crippen LogP contribution in [0.1, 0.15) is 75.6 Å². The number of nitrogens with one attached hydrogen (secondary N) is 1. The summed E-state index contributed by atoms with van der Waals surface area (Å²) in [4.78, 5) is 42.2. The fraction of sp³-hybridized carbons (Fsp3) is 0.485. The van der Waals surface area contributed by atoms with Gasteiger partial charge in [0.25, 0.3) is 0 Å². The van der Waals surface area contributed by atoms with Crippen molar-refractivity contribution in [3.63, 3.8) is 0 Å². The van der Waals surface area contributed by atoms with Gasteiger partial charge in [0, 0.05) is 28.1 Å². The number of hydrogen-bond donors (Lipinski definition) is 1. The number of aromatic nitrogens is 1. The molecular weight excluding hydrogens is 474 g/mol. The van der Waals surface area contributed by atoms with Gasteiger partial charge in [0.15, 0.2) is 11.2 Å². The number of hydrogen-bond acceptors (Lipinski definition) is 4. The zero-order valence-corrected chi connectivity index (χ0v) is 22.2. The lowest BCUT2D eigenvalue weighted by Gasteiger charge is -2.57. The number of esters is 1. The SMILES string of the molecule is C[C@]12CC[C@H]3[C@@H](CCC4=CC(=O)CC[C@@]43C)[C@@H]1CC[C@@H]2OC(=O)c1cccc2c(=O)c3ccccc3[nH]c12. The second kappa shape index (κ2) is 8.39. The normalized spacial score (nSPS) is 34.4. The number of ether oxygens (including phenoxy) is 1. The average Bonchev–Trinajstić information content (AvgIpc) is 3.25. The summed E-state index contributed by atoms with van der Waals surface area (Å²) in [5, 5.41) is 1.13. The highest BCUT2D eigenvalue weighted by molar-refractivity contribution is 6.05. The first kappa shape index (κ1) is 23.9. The number of benzene rings is 2. The van der Waals surface area contributed by atoms with E-state index in [-0.39, 0.29) is 28.3 Å². The molecule has 0 saturated heterocycles. The van der Waals surface area contributed by atoms with Crippen LogP contribution in [0.25, 0.3) is 21.8 Å². The number of aromatic amines is 1. The molecule has 3 fully saturated rings. The number of H-pyrrole nitrogens is 1. The predicted molar refractivity (Wildman–Crippen MR) is 148 cm³/mol. The highest BCUT2D eigenvalue weighted by Crippen LogP contribution is 2.65. The number of ketones is 1. The molecule has 6 atom stereocenters. The highest BCUT2D eigenvalue weighted by Gasteiger charge is 2.60. The Labute approximate surface area is 222 Å². The van der Waals surface area contributed by atoms with E-state index in [1.807, 2.05) is 30.3 Å². The molecule has 0 aliphatic heterocycles. The third-order valence-corrected chi connectivity index (χ3v) is 11.1. The van der Waals surface area contributed by atoms with Crippen molar-refractivity contribution < 1.29 is 14.3 Å². The van der Waals surface area contributed by atoms with Crippen LogP contribution in [0.4, 0.5) is 0 Å². The average molecular weight is 510 g/mol. The van der Waals surface area contributed by atoms with Crippen molar-refractivity contribution in [1.29, 1.82) is 0 Å². The molecule has 0 unspecified atom stereocenters. The largest absolute Gasteiger partial charge is 0.458 e. The summed E-state index contributed by atoms with van der Waals surface area (Å²) >= 11 is 0. The van der Waals surface area contributed by atoms with Gasteiger partial charge in [-0.1, -0.05) is 37.6 Å². The molecule has 0 bridgehead atoms. The van der Waals surface area contributed by atoms with Crippen LogP contribution in [0, 0.1) is 28.6 Å². The summed E-state index contributed by atoms with van der Waals surface area (Å²) in [6.07, 6.45) is 9.80. The molecule has 2 aromatic carbocycles. The predicted octanol–water partition coefficient (Wildman–Crippen LogP) is 6.74. The summed E-state index contributed by atoms with van der Waals surface area (Å²) in [7, 11) is 0. The molecule has 7 rings (SSSR count). The zero-order chi connectivity index (χ0) is 26.2. The van der Waals surface area contributed by atoms with E-state index >= 15 is 0 Å². The third-order valence-electron chi connectivity index (χ3n) is 11.1. The Morgan fingerprint density at radius 2 is 1.71 bits per heavy atom. The van der Waals surface area contributed by atoms with Crippen molar-refractivity contribution in [2.45, 2.75) is 71.3 Å². The van der Waals surface area contributed by atoms with E-state index < -0.39 is 0 Å². The maximum absolute atomic E-state index is 13.6. The summed E-state index contributed by atoms with van der Waals surface area (Å²) in [6, 6.07) is 12.7. The Bertz CT molecular complexity index is 1580. The molecule has 4 aliphatic rings. The van der Waals surface area contributed by atoms with Gasteiger partial charge in [-0.15, -0.1) is 0 Å². The van der Waals surface area contributed by atoms with E-state index in [2.05, 4.69) is 18.8 Å². The van der Waals surface area contributed by atoms with Gasteiger partial charge >= 0.3 is 5.97 Å². The molecule has 38 heavy (non-hydrogen) atoms. The molecular formula is C33H35NO4. The Kier molecular flexibility index (Phi) is 5.27. The lowest BCUT2D eigenvalue weighted by Crippen LogP contribution is -2.51. The molecule has 5 nitrogen and oxygen atoms in total. The summed E-state index contributed by atoms with van der Waals surface area (Å²) < 4.78 is 6.34. The molecule has 1 heterocycles. The fourth-order valence-electron chi connectivity index (χ4n) is 9.01. The number of carbonyl (C=O) groups is 2. The quantitative estimate of drug-likeness (QED) is 0.307. The molecule has 196 valence electrons. The van der Waals surface area contributed by atoms with E-state index in [9.17, 15) is 14.4 Å². The topological polar surface area (TPSA) is 76.2 Å². The number of para-hydroxylation sites is 2. The fourth-order valence-corrected chi connectivity index (χ4v) is 9.01. The second-order valence-electron chi connectivity index (χ2n) is 12.7. The molecule has 1 N–H and O–H groups in total. The minimum atomic E-state index is -0.345. The number of fused-ring (bicyclic) bond motifs is 7. The van der Waals surface area contributed by atoms with E-state index in [1.165, 1.54) is 5.57 Å². The Morgan fingerprint density at radius 1 is 0.895 bits per heavy atom. The summed E-state index contributed by atoms with van der Waals surface area (Å²) in [6.45, 7) is 4.75. The van der Waals surface area contributed by atoms with Crippen LogP contribution in [0.15, 0.2) is 58.9 Å². The van der Waals surface area contributed by atoms with Gasteiger partial charge in [-0.05, 0) is 98.5 Å². The van der Waals surface area contributed by atoms with Gasteiger partial charge < -0.3 is 9.72 Å². The van der Waals surface area contributed by atoms with Crippen molar-refractivity contribution in [3.05, 3.63) is 69.9 Å². The highest BCUT2D eigenvalue weighted by atomic mass is 16.5. The molecule has 4 aliphatic carbocycles. The smallest absolute Gasteiger partial charge is 0.340 e. The standard InChI is InChI=1S/C33H35NO4/c1-32-16-14-20(35)18-19(32)10-11-21-25-12-13-28(33(25,2)17-15-26(21)32)38-31(37)24-8-5-7-23-29(24)34-27-9-4-3-6-22(27)30(23)36/h3-9,18,21,25-26,28H,10-17H2,1-2H3,(H,34,36)/t21-,25-,26-,28-,32-,33-/m0/s1. The number of allylic oxidation sites excluding steroid dienone is 1. The molecule has 3 aromatic rings. The zero-order valence-electron chi connectivity index (χ0n) is 22.2. The van der Waals surface area contributed by atoms with Crippen molar-refractivity contribution in [2.75, 3.05) is 0 Å². The van der Waals surface area contributed by atoms with Crippen LogP contribution in [0.2, 0.25) is 0 Å². The van der Waals surface area contributed by atoms with E-state index in [0.717, 1.165) is 50.5 Å². The van der Waals surface area contributed by atoms with Crippen LogP contribution in [-0.4, -0.2) is 22.8 Å². The van der Waals surface area contributed by atoms with E-state index in [4.69, 9.17) is 4.74 Å². The third kappa shape index (κ3) is 3.33. The first-order valence-corrected chi connectivity index (χ1v) is 14.3. The maximum atomic E-state index is 13.6. The van der Waals surface area contributed by atoms with Crippen molar-refractivity contribution in [2.24, 2.45) is 28.6 Å². The van der Waals surface area contributed by atoms with E-state index in [1.54, 1.807) is 18.2 Å². The van der Waals surface area contributed by atoms with Crippen LogP contribution in [-0.2, 0) is 9.53 Å². The van der Waals surface area contributed by atoms with Crippen LogP contribution in [0.5, 0.6) is 0 Å². The van der Waals surface area contributed by atoms with Gasteiger partial charge in [-0.3, -0.25) is 9.59 Å². The lowest BCUT2D eigenvalue weighted by molar-refractivity contribution is -0.118. The maximum Gasteiger partial charge on any atom is 0.340 e. The number of pyridine rings is 1. The minimum Gasteiger partial charge on any atom is -0.458 e. The van der Waals surface area contributed by atoms with Crippen LogP contribution >= 0.6 is 0 Å². The van der Waals surface area contributed by atoms with Crippen LogP contribution in [0.3, 0.4) is 0 Å². The van der Waals surface area contributed by atoms with Gasteiger partial charge in [0.2, 0.25) is 0 Å². The van der Waals surface area contributed by atoms with Crippen molar-refractivity contribution in [1.82, 2.24) is 4.98 Å². The lowest BCUT2D eigenvalue weighted by atomic mass is 9.47. The van der Waals surface area contributed by atoms with E-state index in [0.29, 0.717) is 51.8 Å². The number of carbonyl (C=O) groups excluding carboxylic acids is 2. The molecule has 0 amide bonds. The molecule has 0 radical (unpaired) electrons. The van der Waals surface area contributed by atoms with Gasteiger partial charge in [0.05, 0.1) is 11.1 Å². The van der Waals surface area contributed by atoms with Gasteiger partial charge in [0.1, 0.15) is 6.10 Å². The molecule has 5 heteroatoms. The Balaban J connectivity index is 1.17. The van der Waals surface area contributed by atoms with Crippen LogP contribution < -0.4 is 5.43 Å². The number of rotatable bonds is 2. The molecule has 1 aromatic heterocycles. The Morgan fingerprint density at radius 3 is 2.58 bits per heavy atom. The Hall–Kier alpha value is -3.21. The first-order valence-electron chi connectivity index (χ1n) is 14.3. The first-order chi connectivity index (χ1) is 18.3. The molecule has 0 spiro atoms. The van der Waals surface area contributed by atoms with Crippen molar-refractivity contribution in [3.8, 4) is 0 Å². The second-order valence-corrected chi connectivity index (χ2v) is 12.7. The summed E-state index contributed by atoms with van der Waals surface area (Å²) in [5.74, 6) is 1.72. The monoisotopic (exact) mass is 509 g/mol. The van der Waals surface area contributed by atoms with Gasteiger partial charge in [-0.2, -0.15) is 0 Å².